The van der Waals surface area contributed by atoms with Crippen molar-refractivity contribution < 1.29 is 0 Å². The van der Waals surface area contributed by atoms with Crippen LogP contribution in [0.4, 0.5) is 0 Å². The lowest BCUT2D eigenvalue weighted by atomic mass is 10.1. The maximum Gasteiger partial charge on any atom is 0.0219 e. The Bertz CT molecular complexity index is 184. The molecule has 0 amide bonds. The summed E-state index contributed by atoms with van der Waals surface area (Å²) in [6, 6.07) is 1.39. The van der Waals surface area contributed by atoms with Crippen LogP contribution in [0.1, 0.15) is 20.3 Å². The Morgan fingerprint density at radius 1 is 1.60 bits per heavy atom. The van der Waals surface area contributed by atoms with Crippen molar-refractivity contribution in [2.75, 3.05) is 31.1 Å². The predicted octanol–water partition coefficient (Wildman–Crippen LogP) is 1.98. The summed E-state index contributed by atoms with van der Waals surface area (Å²) >= 11 is 1.98. The summed E-state index contributed by atoms with van der Waals surface area (Å²) in [5, 5.41) is 3.55. The van der Waals surface area contributed by atoms with Crippen molar-refractivity contribution in [3.8, 4) is 0 Å². The van der Waals surface area contributed by atoms with Crippen LogP contribution >= 0.6 is 11.8 Å². The maximum atomic E-state index is 3.74. The molecule has 0 saturated carbocycles. The van der Waals surface area contributed by atoms with Crippen molar-refractivity contribution >= 4 is 11.8 Å². The average Bonchev–Trinajstić information content (AvgIpc) is 2.25. The molecule has 1 aliphatic heterocycles. The fourth-order valence-electron chi connectivity index (χ4n) is 2.06. The lowest BCUT2D eigenvalue weighted by Crippen LogP contribution is -2.55. The van der Waals surface area contributed by atoms with E-state index in [9.17, 15) is 0 Å². The molecule has 15 heavy (non-hydrogen) atoms. The van der Waals surface area contributed by atoms with Gasteiger partial charge in [-0.25, -0.2) is 0 Å². The zero-order valence-electron chi connectivity index (χ0n) is 10.0. The summed E-state index contributed by atoms with van der Waals surface area (Å²) in [5.41, 5.74) is 0. The van der Waals surface area contributed by atoms with Crippen LogP contribution < -0.4 is 5.32 Å². The van der Waals surface area contributed by atoms with Gasteiger partial charge in [-0.05, 0) is 13.3 Å². The lowest BCUT2D eigenvalue weighted by molar-refractivity contribution is 0.140. The van der Waals surface area contributed by atoms with Crippen LogP contribution in [0, 0.1) is 0 Å². The molecular formula is C12H24N2S. The van der Waals surface area contributed by atoms with Gasteiger partial charge in [0.15, 0.2) is 0 Å². The zero-order valence-corrected chi connectivity index (χ0v) is 10.9. The van der Waals surface area contributed by atoms with Gasteiger partial charge in [-0.15, -0.1) is 6.58 Å². The van der Waals surface area contributed by atoms with Crippen molar-refractivity contribution in [2.45, 2.75) is 32.4 Å². The minimum atomic E-state index is 0.650. The summed E-state index contributed by atoms with van der Waals surface area (Å²) in [7, 11) is 0. The molecule has 1 fully saturated rings. The second-order valence-corrected chi connectivity index (χ2v) is 5.38. The first-order valence-electron chi connectivity index (χ1n) is 5.94. The van der Waals surface area contributed by atoms with Gasteiger partial charge >= 0.3 is 0 Å². The molecule has 0 bridgehead atoms. The number of nitrogens with one attached hydrogen (secondary N) is 1. The van der Waals surface area contributed by atoms with Gasteiger partial charge < -0.3 is 5.32 Å². The van der Waals surface area contributed by atoms with E-state index in [0.29, 0.717) is 6.04 Å². The van der Waals surface area contributed by atoms with E-state index >= 15 is 0 Å². The largest absolute Gasteiger partial charge is 0.311 e. The quantitative estimate of drug-likeness (QED) is 0.553. The van der Waals surface area contributed by atoms with Crippen molar-refractivity contribution in [3.63, 3.8) is 0 Å². The van der Waals surface area contributed by atoms with Crippen molar-refractivity contribution in [1.82, 2.24) is 10.2 Å². The molecule has 1 saturated heterocycles. The third-order valence-electron chi connectivity index (χ3n) is 2.96. The van der Waals surface area contributed by atoms with E-state index in [-0.39, 0.29) is 0 Å². The molecule has 2 nitrogen and oxygen atoms in total. The minimum Gasteiger partial charge on any atom is -0.311 e. The SMILES string of the molecule is C=CCSCCN1CC(C)NCC1CC. The van der Waals surface area contributed by atoms with Gasteiger partial charge in [0, 0.05) is 43.2 Å². The lowest BCUT2D eigenvalue weighted by Gasteiger charge is -2.39. The standard InChI is InChI=1S/C12H24N2S/c1-4-7-15-8-6-14-10-11(3)13-9-12(14)5-2/h4,11-13H,1,5-10H2,2-3H3. The number of nitrogens with zero attached hydrogens (tertiary/aromatic N) is 1. The van der Waals surface area contributed by atoms with E-state index in [1.54, 1.807) is 0 Å². The molecule has 0 aromatic carbocycles. The average molecular weight is 228 g/mol. The predicted molar refractivity (Wildman–Crippen MR) is 70.6 cm³/mol. The number of rotatable bonds is 6. The van der Waals surface area contributed by atoms with Crippen molar-refractivity contribution in [1.29, 1.82) is 0 Å². The number of thioether (sulfide) groups is 1. The Hall–Kier alpha value is 0.01000. The van der Waals surface area contributed by atoms with E-state index in [0.717, 1.165) is 18.3 Å². The van der Waals surface area contributed by atoms with E-state index < -0.39 is 0 Å². The fraction of sp³-hybridized carbons (Fsp3) is 0.833. The van der Waals surface area contributed by atoms with Gasteiger partial charge in [0.05, 0.1) is 0 Å². The first-order valence-corrected chi connectivity index (χ1v) is 7.09. The fourth-order valence-corrected chi connectivity index (χ4v) is 2.75. The number of hydrogen-bond donors (Lipinski definition) is 1. The van der Waals surface area contributed by atoms with Gasteiger partial charge in [-0.2, -0.15) is 11.8 Å². The molecule has 0 aliphatic carbocycles. The molecule has 1 N–H and O–H groups in total. The summed E-state index contributed by atoms with van der Waals surface area (Å²) in [6.45, 7) is 11.9. The van der Waals surface area contributed by atoms with Gasteiger partial charge in [-0.1, -0.05) is 13.0 Å². The Morgan fingerprint density at radius 2 is 2.40 bits per heavy atom. The third kappa shape index (κ3) is 4.58. The molecule has 2 atom stereocenters. The molecule has 1 heterocycles. The maximum absolute atomic E-state index is 3.74. The van der Waals surface area contributed by atoms with Crippen LogP contribution in [0.3, 0.4) is 0 Å². The highest BCUT2D eigenvalue weighted by Crippen LogP contribution is 2.11. The molecule has 88 valence electrons. The van der Waals surface area contributed by atoms with Crippen LogP contribution in [0.15, 0.2) is 12.7 Å². The third-order valence-corrected chi connectivity index (χ3v) is 3.90. The highest BCUT2D eigenvalue weighted by atomic mass is 32.2. The topological polar surface area (TPSA) is 15.3 Å². The first kappa shape index (κ1) is 13.1. The van der Waals surface area contributed by atoms with E-state index in [4.69, 9.17) is 0 Å². The minimum absolute atomic E-state index is 0.650. The Balaban J connectivity index is 2.25. The van der Waals surface area contributed by atoms with Crippen molar-refractivity contribution in [2.24, 2.45) is 0 Å². The second-order valence-electron chi connectivity index (χ2n) is 4.23. The van der Waals surface area contributed by atoms with Crippen LogP contribution in [-0.2, 0) is 0 Å². The van der Waals surface area contributed by atoms with Gasteiger partial charge in [0.1, 0.15) is 0 Å². The van der Waals surface area contributed by atoms with Crippen LogP contribution in [0.5, 0.6) is 0 Å². The molecule has 0 spiro atoms. The molecule has 0 aromatic rings. The normalized spacial score (nSPS) is 27.9. The van der Waals surface area contributed by atoms with Crippen LogP contribution in [0.25, 0.3) is 0 Å². The monoisotopic (exact) mass is 228 g/mol. The molecular weight excluding hydrogens is 204 g/mol. The highest BCUT2D eigenvalue weighted by molar-refractivity contribution is 7.99. The summed E-state index contributed by atoms with van der Waals surface area (Å²) in [5.74, 6) is 2.31. The Labute approximate surface area is 98.5 Å². The van der Waals surface area contributed by atoms with Gasteiger partial charge in [-0.3, -0.25) is 4.90 Å². The van der Waals surface area contributed by atoms with Crippen LogP contribution in [0.2, 0.25) is 0 Å². The highest BCUT2D eigenvalue weighted by Gasteiger charge is 2.23. The molecule has 2 unspecified atom stereocenters. The molecule has 3 heteroatoms. The first-order chi connectivity index (χ1) is 7.27. The molecule has 0 aromatic heterocycles. The van der Waals surface area contributed by atoms with Crippen LogP contribution in [-0.4, -0.2) is 48.1 Å². The molecule has 1 rings (SSSR count). The smallest absolute Gasteiger partial charge is 0.0219 e. The van der Waals surface area contributed by atoms with E-state index in [2.05, 4.69) is 30.6 Å². The summed E-state index contributed by atoms with van der Waals surface area (Å²) in [4.78, 5) is 2.64. The molecule has 1 aliphatic rings. The van der Waals surface area contributed by atoms with Crippen molar-refractivity contribution in [3.05, 3.63) is 12.7 Å². The zero-order chi connectivity index (χ0) is 11.1. The Morgan fingerprint density at radius 3 is 3.07 bits per heavy atom. The van der Waals surface area contributed by atoms with Gasteiger partial charge in [0.25, 0.3) is 0 Å². The number of hydrogen-bond acceptors (Lipinski definition) is 3. The number of piperazine rings is 1. The second kappa shape index (κ2) is 7.31. The Kier molecular flexibility index (Phi) is 6.37. The van der Waals surface area contributed by atoms with E-state index in [1.165, 1.54) is 25.3 Å². The summed E-state index contributed by atoms with van der Waals surface area (Å²) in [6.07, 6.45) is 3.24. The van der Waals surface area contributed by atoms with Gasteiger partial charge in [0.2, 0.25) is 0 Å². The van der Waals surface area contributed by atoms with E-state index in [1.807, 2.05) is 17.8 Å². The summed E-state index contributed by atoms with van der Waals surface area (Å²) < 4.78 is 0. The molecule has 0 radical (unpaired) electrons.